The van der Waals surface area contributed by atoms with Gasteiger partial charge < -0.3 is 4.74 Å². The second-order valence-electron chi connectivity index (χ2n) is 4.65. The Bertz CT molecular complexity index is 223. The summed E-state index contributed by atoms with van der Waals surface area (Å²) < 4.78 is 4.79. The van der Waals surface area contributed by atoms with E-state index in [1.54, 1.807) is 0 Å². The highest BCUT2D eigenvalue weighted by Gasteiger charge is 2.28. The first-order valence-electron chi connectivity index (χ1n) is 6.22. The number of hydrazine groups is 1. The van der Waals surface area contributed by atoms with Crippen LogP contribution in [0.15, 0.2) is 0 Å². The van der Waals surface area contributed by atoms with Crippen LogP contribution in [0.2, 0.25) is 0 Å². The summed E-state index contributed by atoms with van der Waals surface area (Å²) in [6, 6.07) is 0.762. The third kappa shape index (κ3) is 3.19. The minimum atomic E-state index is -0.215. The van der Waals surface area contributed by atoms with Crippen LogP contribution in [0.4, 0.5) is 0 Å². The van der Waals surface area contributed by atoms with Crippen LogP contribution < -0.4 is 5.43 Å². The molecule has 94 valence electrons. The van der Waals surface area contributed by atoms with Gasteiger partial charge in [0.05, 0.1) is 7.11 Å². The minimum Gasteiger partial charge on any atom is -0.468 e. The maximum Gasteiger partial charge on any atom is 0.324 e. The summed E-state index contributed by atoms with van der Waals surface area (Å²) in [5.74, 6) is -0.174. The molecule has 3 unspecified atom stereocenters. The first-order valence-corrected chi connectivity index (χ1v) is 6.22. The van der Waals surface area contributed by atoms with E-state index < -0.39 is 0 Å². The van der Waals surface area contributed by atoms with Crippen molar-refractivity contribution in [3.8, 4) is 0 Å². The van der Waals surface area contributed by atoms with Crippen molar-refractivity contribution in [2.45, 2.75) is 64.6 Å². The first kappa shape index (κ1) is 13.5. The molecule has 1 saturated heterocycles. The van der Waals surface area contributed by atoms with Gasteiger partial charge in [0.25, 0.3) is 0 Å². The number of carbonyl (C=O) groups is 1. The number of nitrogens with one attached hydrogen (secondary N) is 1. The lowest BCUT2D eigenvalue weighted by Crippen LogP contribution is -2.57. The molecule has 3 atom stereocenters. The fourth-order valence-electron chi connectivity index (χ4n) is 2.31. The van der Waals surface area contributed by atoms with Crippen molar-refractivity contribution in [1.82, 2.24) is 10.4 Å². The fraction of sp³-hybridized carbons (Fsp3) is 0.917. The van der Waals surface area contributed by atoms with Gasteiger partial charge in [0, 0.05) is 12.1 Å². The number of hydrogen-bond donors (Lipinski definition) is 1. The molecule has 1 N–H and O–H groups in total. The molecule has 1 rings (SSSR count). The molecule has 4 heteroatoms. The molecule has 1 heterocycles. The number of hydrogen-bond acceptors (Lipinski definition) is 4. The van der Waals surface area contributed by atoms with Crippen LogP contribution in [0.1, 0.15) is 46.5 Å². The van der Waals surface area contributed by atoms with E-state index in [1.807, 2.05) is 6.92 Å². The van der Waals surface area contributed by atoms with E-state index in [-0.39, 0.29) is 12.0 Å². The van der Waals surface area contributed by atoms with E-state index in [4.69, 9.17) is 4.74 Å². The largest absolute Gasteiger partial charge is 0.468 e. The molecule has 0 saturated carbocycles. The van der Waals surface area contributed by atoms with Crippen LogP contribution in [-0.4, -0.2) is 36.2 Å². The zero-order valence-corrected chi connectivity index (χ0v) is 10.8. The second-order valence-corrected chi connectivity index (χ2v) is 4.65. The Hall–Kier alpha value is -0.610. The third-order valence-electron chi connectivity index (χ3n) is 3.39. The molecular weight excluding hydrogens is 204 g/mol. The maximum absolute atomic E-state index is 11.5. The van der Waals surface area contributed by atoms with E-state index >= 15 is 0 Å². The van der Waals surface area contributed by atoms with Gasteiger partial charge in [-0.3, -0.25) is 4.79 Å². The molecule has 0 aromatic rings. The zero-order chi connectivity index (χ0) is 12.1. The predicted octanol–water partition coefficient (Wildman–Crippen LogP) is 1.71. The number of carbonyl (C=O) groups excluding carboxylic acids is 1. The van der Waals surface area contributed by atoms with E-state index in [1.165, 1.54) is 26.4 Å². The Morgan fingerprint density at radius 1 is 1.44 bits per heavy atom. The van der Waals surface area contributed by atoms with Crippen LogP contribution in [0.25, 0.3) is 0 Å². The molecule has 0 radical (unpaired) electrons. The van der Waals surface area contributed by atoms with Crippen molar-refractivity contribution in [3.63, 3.8) is 0 Å². The van der Waals surface area contributed by atoms with Crippen LogP contribution in [0.3, 0.4) is 0 Å². The van der Waals surface area contributed by atoms with Gasteiger partial charge in [-0.05, 0) is 33.1 Å². The standard InChI is InChI=1S/C12H24N2O2/c1-5-11(12(15)16-4)13-14-9(2)7-6-8-10(14)3/h9-11,13H,5-8H2,1-4H3. The molecule has 0 spiro atoms. The molecule has 0 bridgehead atoms. The van der Waals surface area contributed by atoms with Crippen molar-refractivity contribution in [2.24, 2.45) is 0 Å². The molecule has 0 aromatic heterocycles. The smallest absolute Gasteiger partial charge is 0.324 e. The summed E-state index contributed by atoms with van der Waals surface area (Å²) in [5.41, 5.74) is 3.31. The van der Waals surface area contributed by atoms with Crippen LogP contribution in [-0.2, 0) is 9.53 Å². The van der Waals surface area contributed by atoms with E-state index in [0.29, 0.717) is 12.1 Å². The van der Waals surface area contributed by atoms with E-state index in [9.17, 15) is 4.79 Å². The SMILES string of the molecule is CCC(NN1C(C)CCCC1C)C(=O)OC. The van der Waals surface area contributed by atoms with Crippen LogP contribution in [0.5, 0.6) is 0 Å². The average molecular weight is 228 g/mol. The normalized spacial score (nSPS) is 28.8. The van der Waals surface area contributed by atoms with Gasteiger partial charge in [-0.25, -0.2) is 10.4 Å². The Kier molecular flexibility index (Phi) is 5.22. The Balaban J connectivity index is 2.58. The minimum absolute atomic E-state index is 0.174. The van der Waals surface area contributed by atoms with Gasteiger partial charge in [0.15, 0.2) is 0 Å². The van der Waals surface area contributed by atoms with Gasteiger partial charge >= 0.3 is 5.97 Å². The molecule has 1 aliphatic heterocycles. The van der Waals surface area contributed by atoms with Crippen molar-refractivity contribution in [2.75, 3.05) is 7.11 Å². The summed E-state index contributed by atoms with van der Waals surface area (Å²) in [7, 11) is 1.44. The van der Waals surface area contributed by atoms with Crippen molar-refractivity contribution < 1.29 is 9.53 Å². The van der Waals surface area contributed by atoms with Crippen molar-refractivity contribution >= 4 is 5.97 Å². The number of methoxy groups -OCH3 is 1. The topological polar surface area (TPSA) is 41.6 Å². The summed E-state index contributed by atoms with van der Waals surface area (Å²) in [6.07, 6.45) is 4.40. The summed E-state index contributed by atoms with van der Waals surface area (Å²) in [4.78, 5) is 11.5. The molecule has 1 fully saturated rings. The number of piperidine rings is 1. The lowest BCUT2D eigenvalue weighted by molar-refractivity contribution is -0.146. The highest BCUT2D eigenvalue weighted by Crippen LogP contribution is 2.20. The van der Waals surface area contributed by atoms with E-state index in [2.05, 4.69) is 24.3 Å². The van der Waals surface area contributed by atoms with Gasteiger partial charge in [0.2, 0.25) is 0 Å². The molecular formula is C12H24N2O2. The maximum atomic E-state index is 11.5. The van der Waals surface area contributed by atoms with Gasteiger partial charge in [-0.1, -0.05) is 13.3 Å². The lowest BCUT2D eigenvalue weighted by Gasteiger charge is -2.40. The molecule has 0 aromatic carbocycles. The van der Waals surface area contributed by atoms with Crippen LogP contribution in [0, 0.1) is 0 Å². The molecule has 0 amide bonds. The second kappa shape index (κ2) is 6.21. The van der Waals surface area contributed by atoms with Crippen molar-refractivity contribution in [3.05, 3.63) is 0 Å². The summed E-state index contributed by atoms with van der Waals surface area (Å²) in [5, 5.41) is 2.22. The van der Waals surface area contributed by atoms with Crippen LogP contribution >= 0.6 is 0 Å². The number of ether oxygens (including phenoxy) is 1. The van der Waals surface area contributed by atoms with Gasteiger partial charge in [0.1, 0.15) is 6.04 Å². The zero-order valence-electron chi connectivity index (χ0n) is 10.8. The van der Waals surface area contributed by atoms with Gasteiger partial charge in [-0.2, -0.15) is 0 Å². The fourth-order valence-corrected chi connectivity index (χ4v) is 2.31. The predicted molar refractivity (Wildman–Crippen MR) is 63.8 cm³/mol. The summed E-state index contributed by atoms with van der Waals surface area (Å²) >= 11 is 0. The number of rotatable bonds is 4. The Morgan fingerprint density at radius 2 is 2.00 bits per heavy atom. The molecule has 1 aliphatic rings. The monoisotopic (exact) mass is 228 g/mol. The molecule has 0 aliphatic carbocycles. The highest BCUT2D eigenvalue weighted by atomic mass is 16.5. The van der Waals surface area contributed by atoms with E-state index in [0.717, 1.165) is 6.42 Å². The Morgan fingerprint density at radius 3 is 2.44 bits per heavy atom. The number of esters is 1. The molecule has 16 heavy (non-hydrogen) atoms. The number of nitrogens with zero attached hydrogens (tertiary/aromatic N) is 1. The molecule has 4 nitrogen and oxygen atoms in total. The summed E-state index contributed by atoms with van der Waals surface area (Å²) in [6.45, 7) is 6.40. The highest BCUT2D eigenvalue weighted by molar-refractivity contribution is 5.75. The quantitative estimate of drug-likeness (QED) is 0.744. The van der Waals surface area contributed by atoms with Crippen molar-refractivity contribution in [1.29, 1.82) is 0 Å². The van der Waals surface area contributed by atoms with Gasteiger partial charge in [-0.15, -0.1) is 0 Å². The average Bonchev–Trinajstić information content (AvgIpc) is 2.28. The lowest BCUT2D eigenvalue weighted by atomic mass is 9.99. The first-order chi connectivity index (χ1) is 7.60. The Labute approximate surface area is 98.3 Å². The third-order valence-corrected chi connectivity index (χ3v) is 3.39.